The van der Waals surface area contributed by atoms with E-state index in [2.05, 4.69) is 92.1 Å². The lowest BCUT2D eigenvalue weighted by Gasteiger charge is -2.27. The van der Waals surface area contributed by atoms with Gasteiger partial charge >= 0.3 is 0 Å². The average molecular weight is 488 g/mol. The van der Waals surface area contributed by atoms with Gasteiger partial charge in [-0.3, -0.25) is 0 Å². The molecule has 0 amide bonds. The van der Waals surface area contributed by atoms with Crippen LogP contribution in [0.2, 0.25) is 0 Å². The molecule has 2 aromatic carbocycles. The van der Waals surface area contributed by atoms with Gasteiger partial charge < -0.3 is 4.57 Å². The van der Waals surface area contributed by atoms with Crippen molar-refractivity contribution < 1.29 is 0 Å². The fourth-order valence-electron chi connectivity index (χ4n) is 5.93. The van der Waals surface area contributed by atoms with Crippen molar-refractivity contribution in [2.75, 3.05) is 0 Å². The second-order valence-corrected chi connectivity index (χ2v) is 12.1. The lowest BCUT2D eigenvalue weighted by atomic mass is 9.79. The molecule has 4 aromatic rings. The van der Waals surface area contributed by atoms with Gasteiger partial charge in [0, 0.05) is 56.4 Å². The minimum atomic E-state index is 0.128. The van der Waals surface area contributed by atoms with Gasteiger partial charge in [-0.25, -0.2) is 9.97 Å². The third-order valence-electron chi connectivity index (χ3n) is 7.67. The summed E-state index contributed by atoms with van der Waals surface area (Å²) < 4.78 is 2.48. The zero-order chi connectivity index (χ0) is 24.4. The van der Waals surface area contributed by atoms with Crippen LogP contribution in [0, 0.1) is 5.41 Å². The van der Waals surface area contributed by atoms with Gasteiger partial charge in [-0.2, -0.15) is 0 Å². The molecule has 2 aromatic heterocycles. The van der Waals surface area contributed by atoms with Crippen molar-refractivity contribution in [2.24, 2.45) is 5.41 Å². The topological polar surface area (TPSA) is 30.7 Å². The predicted octanol–water partition coefficient (Wildman–Crippen LogP) is 8.15. The van der Waals surface area contributed by atoms with Crippen LogP contribution in [0.4, 0.5) is 0 Å². The van der Waals surface area contributed by atoms with Gasteiger partial charge in [0.2, 0.25) is 0 Å². The maximum Gasteiger partial charge on any atom is 0.161 e. The highest BCUT2D eigenvalue weighted by molar-refractivity contribution is 8.00. The summed E-state index contributed by atoms with van der Waals surface area (Å²) in [4.78, 5) is 10.9. The van der Waals surface area contributed by atoms with Crippen molar-refractivity contribution in [3.8, 4) is 17.1 Å². The van der Waals surface area contributed by atoms with Crippen molar-refractivity contribution in [2.45, 2.75) is 49.7 Å². The first-order chi connectivity index (χ1) is 17.5. The predicted molar refractivity (Wildman–Crippen MR) is 151 cm³/mol. The molecule has 0 radical (unpaired) electrons. The van der Waals surface area contributed by atoms with Gasteiger partial charge in [-0.1, -0.05) is 69.4 Å². The number of benzene rings is 2. The summed E-state index contributed by atoms with van der Waals surface area (Å²) in [5, 5.41) is 1.79. The number of hydrogen-bond acceptors (Lipinski definition) is 3. The minimum absolute atomic E-state index is 0.128. The highest BCUT2D eigenvalue weighted by atomic mass is 32.2. The molecule has 0 bridgehead atoms. The van der Waals surface area contributed by atoms with E-state index in [1.165, 1.54) is 43.9 Å². The summed E-state index contributed by atoms with van der Waals surface area (Å²) in [6, 6.07) is 15.1. The standard InChI is InChI=1S/C32H29N3S/c1-32(2,3)20-14-15-27-23(18-20)24-19-25(31-33-16-9-17-34-31)29-28(30(24)36-27)22-12-7-8-13-26(22)35(29)21-10-5-4-6-11-21/h4-7,9-12,14-19,23,27H,8,13H2,1-3H3. The van der Waals surface area contributed by atoms with Gasteiger partial charge in [0.25, 0.3) is 0 Å². The Kier molecular flexibility index (Phi) is 4.91. The van der Waals surface area contributed by atoms with Crippen LogP contribution in [-0.4, -0.2) is 19.8 Å². The van der Waals surface area contributed by atoms with E-state index in [0.717, 1.165) is 24.2 Å². The van der Waals surface area contributed by atoms with E-state index in [4.69, 9.17) is 9.97 Å². The number of rotatable bonds is 2. The monoisotopic (exact) mass is 487 g/mol. The summed E-state index contributed by atoms with van der Waals surface area (Å²) in [6.07, 6.45) is 17.8. The van der Waals surface area contributed by atoms with Gasteiger partial charge in [0.05, 0.1) is 5.52 Å². The van der Waals surface area contributed by atoms with Gasteiger partial charge in [0.1, 0.15) is 0 Å². The second-order valence-electron chi connectivity index (χ2n) is 11.0. The van der Waals surface area contributed by atoms with Gasteiger partial charge in [-0.15, -0.1) is 11.8 Å². The molecule has 0 N–H and O–H groups in total. The van der Waals surface area contributed by atoms with Crippen molar-refractivity contribution in [1.82, 2.24) is 14.5 Å². The zero-order valence-electron chi connectivity index (χ0n) is 20.9. The Morgan fingerprint density at radius 3 is 2.58 bits per heavy atom. The number of thioether (sulfide) groups is 1. The van der Waals surface area contributed by atoms with E-state index in [0.29, 0.717) is 11.2 Å². The van der Waals surface area contributed by atoms with Crippen LogP contribution < -0.4 is 0 Å². The van der Waals surface area contributed by atoms with E-state index >= 15 is 0 Å². The molecule has 2 aliphatic carbocycles. The van der Waals surface area contributed by atoms with Crippen LogP contribution in [0.5, 0.6) is 0 Å². The van der Waals surface area contributed by atoms with Crippen LogP contribution >= 0.6 is 11.8 Å². The van der Waals surface area contributed by atoms with Crippen molar-refractivity contribution >= 4 is 28.7 Å². The summed E-state index contributed by atoms with van der Waals surface area (Å²) in [5.41, 5.74) is 9.27. The van der Waals surface area contributed by atoms with Crippen molar-refractivity contribution in [1.29, 1.82) is 0 Å². The normalized spacial score (nSPS) is 20.2. The Morgan fingerprint density at radius 2 is 1.81 bits per heavy atom. The first kappa shape index (κ1) is 21.9. The van der Waals surface area contributed by atoms with Crippen LogP contribution in [0.3, 0.4) is 0 Å². The molecule has 36 heavy (non-hydrogen) atoms. The van der Waals surface area contributed by atoms with Gasteiger partial charge in [-0.05, 0) is 53.7 Å². The molecule has 1 aliphatic heterocycles. The van der Waals surface area contributed by atoms with Crippen LogP contribution in [-0.2, 0) is 6.42 Å². The Balaban J connectivity index is 1.59. The first-order valence-corrected chi connectivity index (χ1v) is 13.7. The number of aromatic nitrogens is 3. The average Bonchev–Trinajstić information content (AvgIpc) is 3.44. The smallest absolute Gasteiger partial charge is 0.161 e. The maximum absolute atomic E-state index is 4.75. The Bertz CT molecular complexity index is 1580. The molecule has 0 saturated heterocycles. The minimum Gasteiger partial charge on any atom is -0.312 e. The lowest BCUT2D eigenvalue weighted by molar-refractivity contribution is 0.510. The van der Waals surface area contributed by atoms with Crippen LogP contribution in [0.15, 0.2) is 89.6 Å². The number of para-hydroxylation sites is 1. The molecule has 3 heterocycles. The third-order valence-corrected chi connectivity index (χ3v) is 9.06. The molecular formula is C32H29N3S. The quantitative estimate of drug-likeness (QED) is 0.286. The molecular weight excluding hydrogens is 458 g/mol. The number of fused-ring (bicyclic) bond motifs is 7. The molecule has 7 rings (SSSR count). The molecule has 3 aliphatic rings. The molecule has 3 nitrogen and oxygen atoms in total. The SMILES string of the molecule is CC(C)(C)C1=CC2c3cc(-c4ncccn4)c4c(c5c(n4-c4ccccc4)CCC=C5)c3SC2C=C1. The number of nitrogens with zero attached hydrogens (tertiary/aromatic N) is 3. The highest BCUT2D eigenvalue weighted by Crippen LogP contribution is 2.56. The van der Waals surface area contributed by atoms with Gasteiger partial charge in [0.15, 0.2) is 5.82 Å². The molecule has 2 unspecified atom stereocenters. The van der Waals surface area contributed by atoms with E-state index in [1.807, 2.05) is 30.2 Å². The number of hydrogen-bond donors (Lipinski definition) is 0. The number of allylic oxidation sites excluding steroid dienone is 4. The summed E-state index contributed by atoms with van der Waals surface area (Å²) in [6.45, 7) is 6.92. The maximum atomic E-state index is 4.75. The molecule has 178 valence electrons. The Hall–Kier alpha value is -3.37. The molecule has 4 heteroatoms. The zero-order valence-corrected chi connectivity index (χ0v) is 21.7. The molecule has 0 saturated carbocycles. The van der Waals surface area contributed by atoms with E-state index in [-0.39, 0.29) is 5.41 Å². The van der Waals surface area contributed by atoms with E-state index in [9.17, 15) is 0 Å². The summed E-state index contributed by atoms with van der Waals surface area (Å²) >= 11 is 2.03. The largest absolute Gasteiger partial charge is 0.312 e. The van der Waals surface area contributed by atoms with Crippen LogP contribution in [0.1, 0.15) is 49.9 Å². The molecule has 0 spiro atoms. The molecule has 0 fully saturated rings. The van der Waals surface area contributed by atoms with E-state index < -0.39 is 0 Å². The lowest BCUT2D eigenvalue weighted by Crippen LogP contribution is -2.16. The first-order valence-electron chi connectivity index (χ1n) is 12.8. The van der Waals surface area contributed by atoms with Crippen molar-refractivity contribution in [3.63, 3.8) is 0 Å². The highest BCUT2D eigenvalue weighted by Gasteiger charge is 2.38. The van der Waals surface area contributed by atoms with Crippen molar-refractivity contribution in [3.05, 3.63) is 102 Å². The Morgan fingerprint density at radius 1 is 1.00 bits per heavy atom. The summed E-state index contributed by atoms with van der Waals surface area (Å²) in [5.74, 6) is 1.15. The van der Waals surface area contributed by atoms with Crippen LogP contribution in [0.25, 0.3) is 34.1 Å². The second kappa shape index (κ2) is 8.07. The Labute approximate surface area is 216 Å². The fraction of sp³-hybridized carbons (Fsp3) is 0.250. The fourth-order valence-corrected chi connectivity index (χ4v) is 7.38. The summed E-state index contributed by atoms with van der Waals surface area (Å²) in [7, 11) is 0. The molecule has 2 atom stereocenters. The van der Waals surface area contributed by atoms with E-state index in [1.54, 1.807) is 0 Å². The third kappa shape index (κ3) is 3.27.